The van der Waals surface area contributed by atoms with Gasteiger partial charge in [0, 0.05) is 13.1 Å². The summed E-state index contributed by atoms with van der Waals surface area (Å²) in [5, 5.41) is 6.03. The van der Waals surface area contributed by atoms with Gasteiger partial charge in [-0.1, -0.05) is 0 Å². The van der Waals surface area contributed by atoms with Crippen LogP contribution in [0.3, 0.4) is 0 Å². The fraction of sp³-hybridized carbons (Fsp3) is 0.211. The highest BCUT2D eigenvalue weighted by molar-refractivity contribution is 7.18. The van der Waals surface area contributed by atoms with E-state index in [2.05, 4.69) is 20.5 Å². The Morgan fingerprint density at radius 1 is 1.04 bits per heavy atom. The zero-order valence-corrected chi connectivity index (χ0v) is 15.7. The van der Waals surface area contributed by atoms with Crippen molar-refractivity contribution in [3.63, 3.8) is 0 Å². The van der Waals surface area contributed by atoms with Gasteiger partial charge in [0.1, 0.15) is 5.82 Å². The summed E-state index contributed by atoms with van der Waals surface area (Å²) in [6, 6.07) is 10.2. The lowest BCUT2D eigenvalue weighted by Gasteiger charge is -2.28. The van der Waals surface area contributed by atoms with E-state index in [0.29, 0.717) is 28.9 Å². The first-order chi connectivity index (χ1) is 13.7. The fourth-order valence-corrected chi connectivity index (χ4v) is 3.55. The van der Waals surface area contributed by atoms with Crippen LogP contribution < -0.4 is 15.5 Å². The molecule has 1 fully saturated rings. The Kier molecular flexibility index (Phi) is 5.36. The highest BCUT2D eigenvalue weighted by Gasteiger charge is 2.15. The van der Waals surface area contributed by atoms with E-state index in [4.69, 9.17) is 9.15 Å². The van der Waals surface area contributed by atoms with Gasteiger partial charge in [-0.3, -0.25) is 9.59 Å². The zero-order chi connectivity index (χ0) is 19.3. The second-order valence-electron chi connectivity index (χ2n) is 6.05. The molecule has 9 heteroatoms. The second kappa shape index (κ2) is 8.24. The van der Waals surface area contributed by atoms with Gasteiger partial charge in [0.05, 0.1) is 41.2 Å². The fourth-order valence-electron chi connectivity index (χ4n) is 2.75. The number of nitrogens with one attached hydrogen (secondary N) is 2. The van der Waals surface area contributed by atoms with E-state index in [-0.39, 0.29) is 17.6 Å². The Labute approximate surface area is 165 Å². The topological polar surface area (TPSA) is 96.7 Å². The lowest BCUT2D eigenvalue weighted by Crippen LogP contribution is -2.36. The van der Waals surface area contributed by atoms with Crippen LogP contribution in [0.4, 0.5) is 16.5 Å². The number of carbonyl (C=O) groups is 2. The molecule has 0 saturated carbocycles. The molecule has 144 valence electrons. The van der Waals surface area contributed by atoms with Crippen LogP contribution >= 0.6 is 11.3 Å². The van der Waals surface area contributed by atoms with Crippen molar-refractivity contribution < 1.29 is 18.7 Å². The molecule has 0 atom stereocenters. The molecule has 8 nitrogen and oxygen atoms in total. The summed E-state index contributed by atoms with van der Waals surface area (Å²) >= 11 is 1.18. The van der Waals surface area contributed by atoms with E-state index in [0.717, 1.165) is 18.8 Å². The number of furan rings is 1. The lowest BCUT2D eigenvalue weighted by molar-refractivity contribution is 0.0995. The van der Waals surface area contributed by atoms with Crippen LogP contribution in [0.5, 0.6) is 0 Å². The number of carbonyl (C=O) groups excluding carboxylic acids is 2. The number of aromatic nitrogens is 1. The second-order valence-corrected chi connectivity index (χ2v) is 7.13. The van der Waals surface area contributed by atoms with Gasteiger partial charge in [0.25, 0.3) is 11.8 Å². The Hall–Kier alpha value is -3.17. The minimum absolute atomic E-state index is 0.212. The molecule has 0 unspecified atom stereocenters. The number of nitrogens with zero attached hydrogens (tertiary/aromatic N) is 2. The molecule has 3 aromatic rings. The predicted octanol–water partition coefficient (Wildman–Crippen LogP) is 3.08. The van der Waals surface area contributed by atoms with Gasteiger partial charge < -0.3 is 24.7 Å². The number of thiophene rings is 1. The van der Waals surface area contributed by atoms with Crippen molar-refractivity contribution in [1.82, 2.24) is 4.98 Å². The lowest BCUT2D eigenvalue weighted by atomic mass is 10.3. The molecule has 0 bridgehead atoms. The minimum atomic E-state index is -0.362. The number of morpholine rings is 1. The third kappa shape index (κ3) is 4.21. The van der Waals surface area contributed by atoms with E-state index in [1.54, 1.807) is 36.5 Å². The molecule has 28 heavy (non-hydrogen) atoms. The zero-order valence-electron chi connectivity index (χ0n) is 14.9. The van der Waals surface area contributed by atoms with Gasteiger partial charge in [-0.15, -0.1) is 11.3 Å². The largest absolute Gasteiger partial charge is 0.459 e. The molecule has 0 radical (unpaired) electrons. The first kappa shape index (κ1) is 18.2. The maximum absolute atomic E-state index is 12.4. The number of hydrogen-bond acceptors (Lipinski definition) is 7. The molecule has 0 aromatic carbocycles. The number of hydrogen-bond donors (Lipinski definition) is 2. The Morgan fingerprint density at radius 3 is 2.61 bits per heavy atom. The van der Waals surface area contributed by atoms with E-state index < -0.39 is 0 Å². The van der Waals surface area contributed by atoms with E-state index in [1.165, 1.54) is 17.6 Å². The third-order valence-corrected chi connectivity index (χ3v) is 5.18. The molecule has 0 aliphatic carbocycles. The summed E-state index contributed by atoms with van der Waals surface area (Å²) in [5.41, 5.74) is 1.00. The number of rotatable bonds is 5. The maximum Gasteiger partial charge on any atom is 0.291 e. The molecule has 4 heterocycles. The van der Waals surface area contributed by atoms with Crippen LogP contribution in [0.1, 0.15) is 20.2 Å². The Bertz CT molecular complexity index is 947. The standard InChI is InChI=1S/C19H18N4O4S/c24-18(14-2-1-9-27-14)22-17-6-4-15(28-17)19(25)21-16-5-3-13(12-20-16)23-7-10-26-11-8-23/h1-6,9,12H,7-8,10-11H2,(H,22,24)(H,20,21,25). The van der Waals surface area contributed by atoms with Crippen LogP contribution in [-0.2, 0) is 4.74 Å². The number of ether oxygens (including phenoxy) is 1. The number of pyridine rings is 1. The van der Waals surface area contributed by atoms with Crippen LogP contribution in [0.2, 0.25) is 0 Å². The van der Waals surface area contributed by atoms with Gasteiger partial charge in [0.15, 0.2) is 5.76 Å². The SMILES string of the molecule is O=C(Nc1ccc(C(=O)Nc2ccc(N3CCOCC3)cn2)s1)c1ccco1. The smallest absolute Gasteiger partial charge is 0.291 e. The van der Waals surface area contributed by atoms with Gasteiger partial charge in [-0.2, -0.15) is 0 Å². The van der Waals surface area contributed by atoms with E-state index in [9.17, 15) is 9.59 Å². The summed E-state index contributed by atoms with van der Waals surface area (Å²) in [4.78, 5) is 31.4. The monoisotopic (exact) mass is 398 g/mol. The van der Waals surface area contributed by atoms with Gasteiger partial charge >= 0.3 is 0 Å². The van der Waals surface area contributed by atoms with Crippen molar-refractivity contribution in [2.75, 3.05) is 41.8 Å². The highest BCUT2D eigenvalue weighted by atomic mass is 32.1. The van der Waals surface area contributed by atoms with Crippen molar-refractivity contribution in [1.29, 1.82) is 0 Å². The molecule has 3 aromatic heterocycles. The summed E-state index contributed by atoms with van der Waals surface area (Å²) < 4.78 is 10.4. The third-order valence-electron chi connectivity index (χ3n) is 4.18. The van der Waals surface area contributed by atoms with Crippen LogP contribution in [0.25, 0.3) is 0 Å². The molecule has 1 aliphatic heterocycles. The highest BCUT2D eigenvalue weighted by Crippen LogP contribution is 2.24. The van der Waals surface area contributed by atoms with Gasteiger partial charge in [-0.25, -0.2) is 4.98 Å². The average Bonchev–Trinajstić information content (AvgIpc) is 3.41. The molecule has 2 N–H and O–H groups in total. The maximum atomic E-state index is 12.4. The number of amides is 2. The summed E-state index contributed by atoms with van der Waals surface area (Å²) in [7, 11) is 0. The molecule has 2 amide bonds. The molecular formula is C19H18N4O4S. The molecule has 4 rings (SSSR count). The summed E-state index contributed by atoms with van der Waals surface area (Å²) in [5.74, 6) is 0.0369. The molecule has 0 spiro atoms. The first-order valence-electron chi connectivity index (χ1n) is 8.74. The van der Waals surface area contributed by atoms with Crippen LogP contribution in [0, 0.1) is 0 Å². The molecular weight excluding hydrogens is 380 g/mol. The Morgan fingerprint density at radius 2 is 1.89 bits per heavy atom. The van der Waals surface area contributed by atoms with Crippen LogP contribution in [-0.4, -0.2) is 43.1 Å². The molecule has 1 aliphatic rings. The van der Waals surface area contributed by atoms with Crippen molar-refractivity contribution in [3.8, 4) is 0 Å². The summed E-state index contributed by atoms with van der Waals surface area (Å²) in [6.45, 7) is 3.06. The van der Waals surface area contributed by atoms with E-state index >= 15 is 0 Å². The van der Waals surface area contributed by atoms with Crippen molar-refractivity contribution in [2.45, 2.75) is 0 Å². The number of anilines is 3. The summed E-state index contributed by atoms with van der Waals surface area (Å²) in [6.07, 6.45) is 3.17. The molecule has 1 saturated heterocycles. The first-order valence-corrected chi connectivity index (χ1v) is 9.55. The Balaban J connectivity index is 1.36. The van der Waals surface area contributed by atoms with Crippen molar-refractivity contribution in [2.24, 2.45) is 0 Å². The van der Waals surface area contributed by atoms with E-state index in [1.807, 2.05) is 6.07 Å². The predicted molar refractivity (Wildman–Crippen MR) is 106 cm³/mol. The van der Waals surface area contributed by atoms with Gasteiger partial charge in [0.2, 0.25) is 0 Å². The average molecular weight is 398 g/mol. The minimum Gasteiger partial charge on any atom is -0.459 e. The van der Waals surface area contributed by atoms with Crippen LogP contribution in [0.15, 0.2) is 53.3 Å². The van der Waals surface area contributed by atoms with Crippen molar-refractivity contribution in [3.05, 3.63) is 59.5 Å². The van der Waals surface area contributed by atoms with Gasteiger partial charge in [-0.05, 0) is 36.4 Å². The van der Waals surface area contributed by atoms with Crippen molar-refractivity contribution >= 4 is 39.7 Å². The normalized spacial score (nSPS) is 13.9. The quantitative estimate of drug-likeness (QED) is 0.686.